The van der Waals surface area contributed by atoms with Gasteiger partial charge in [-0.2, -0.15) is 5.10 Å². The van der Waals surface area contributed by atoms with Gasteiger partial charge in [0.1, 0.15) is 0 Å². The summed E-state index contributed by atoms with van der Waals surface area (Å²) in [6.07, 6.45) is 7.09. The largest absolute Gasteiger partial charge is 0.381 e. The summed E-state index contributed by atoms with van der Waals surface area (Å²) < 4.78 is 1.79. The van der Waals surface area contributed by atoms with Crippen LogP contribution in [-0.4, -0.2) is 44.7 Å². The molecule has 0 saturated carbocycles. The average molecular weight is 329 g/mol. The summed E-state index contributed by atoms with van der Waals surface area (Å²) >= 11 is 0. The summed E-state index contributed by atoms with van der Waals surface area (Å²) in [4.78, 5) is 19.0. The van der Waals surface area contributed by atoms with E-state index in [-0.39, 0.29) is 11.9 Å². The molecule has 1 aliphatic rings. The van der Waals surface area contributed by atoms with Gasteiger partial charge in [0.2, 0.25) is 5.91 Å². The van der Waals surface area contributed by atoms with E-state index in [1.807, 2.05) is 25.1 Å². The Morgan fingerprint density at radius 3 is 2.71 bits per heavy atom. The van der Waals surface area contributed by atoms with Crippen LogP contribution in [0.2, 0.25) is 0 Å². The van der Waals surface area contributed by atoms with Crippen LogP contribution in [0.25, 0.3) is 11.0 Å². The molecule has 24 heavy (non-hydrogen) atoms. The van der Waals surface area contributed by atoms with Crippen molar-refractivity contribution < 1.29 is 4.79 Å². The Bertz CT molecular complexity index is 716. The molecule has 0 radical (unpaired) electrons. The van der Waals surface area contributed by atoms with Gasteiger partial charge < -0.3 is 10.2 Å². The standard InChI is InChI=1S/C18H27N5O/c1-13(10-17(24)23-8-6-4-5-7-9-23)20-15-11-16-14(2)21-22(3)18(16)19-12-15/h11-13,20H,4-10H2,1-3H3/t13-/m0/s1. The first kappa shape index (κ1) is 16.7. The molecule has 3 heterocycles. The molecule has 6 heteroatoms. The van der Waals surface area contributed by atoms with E-state index < -0.39 is 0 Å². The van der Waals surface area contributed by atoms with Crippen molar-refractivity contribution in [2.45, 2.75) is 52.0 Å². The van der Waals surface area contributed by atoms with Crippen LogP contribution in [-0.2, 0) is 11.8 Å². The van der Waals surface area contributed by atoms with Crippen LogP contribution in [0.3, 0.4) is 0 Å². The minimum atomic E-state index is 0.0805. The average Bonchev–Trinajstić information content (AvgIpc) is 2.74. The van der Waals surface area contributed by atoms with Crippen molar-refractivity contribution in [3.8, 4) is 0 Å². The number of hydrogen-bond acceptors (Lipinski definition) is 4. The lowest BCUT2D eigenvalue weighted by molar-refractivity contribution is -0.131. The summed E-state index contributed by atoms with van der Waals surface area (Å²) in [5, 5.41) is 8.85. The number of rotatable bonds is 4. The molecule has 0 aliphatic carbocycles. The van der Waals surface area contributed by atoms with Crippen LogP contribution >= 0.6 is 0 Å². The highest BCUT2D eigenvalue weighted by Crippen LogP contribution is 2.20. The van der Waals surface area contributed by atoms with Gasteiger partial charge >= 0.3 is 0 Å². The molecule has 0 bridgehead atoms. The summed E-state index contributed by atoms with van der Waals surface area (Å²) in [6.45, 7) is 5.86. The van der Waals surface area contributed by atoms with Gasteiger partial charge in [-0.3, -0.25) is 9.48 Å². The smallest absolute Gasteiger partial charge is 0.224 e. The molecule has 3 rings (SSSR count). The maximum absolute atomic E-state index is 12.5. The van der Waals surface area contributed by atoms with Gasteiger partial charge in [-0.25, -0.2) is 4.98 Å². The number of anilines is 1. The highest BCUT2D eigenvalue weighted by Gasteiger charge is 2.18. The Kier molecular flexibility index (Phi) is 5.02. The molecule has 2 aromatic heterocycles. The van der Waals surface area contributed by atoms with Crippen molar-refractivity contribution in [3.63, 3.8) is 0 Å². The number of carbonyl (C=O) groups is 1. The molecule has 2 aromatic rings. The molecule has 0 aromatic carbocycles. The molecule has 1 aliphatic heterocycles. The fourth-order valence-corrected chi connectivity index (χ4v) is 3.43. The maximum atomic E-state index is 12.5. The molecule has 6 nitrogen and oxygen atoms in total. The van der Waals surface area contributed by atoms with E-state index in [1.165, 1.54) is 12.8 Å². The molecule has 1 amide bonds. The third kappa shape index (κ3) is 3.68. The van der Waals surface area contributed by atoms with Crippen molar-refractivity contribution in [3.05, 3.63) is 18.0 Å². The SMILES string of the molecule is Cc1nn(C)c2ncc(N[C@@H](C)CC(=O)N3CCCCCC3)cc12. The van der Waals surface area contributed by atoms with Gasteiger partial charge in [0.15, 0.2) is 5.65 Å². The molecule has 1 atom stereocenters. The second-order valence-corrected chi connectivity index (χ2v) is 6.85. The molecular formula is C18H27N5O. The number of aromatic nitrogens is 3. The van der Waals surface area contributed by atoms with Gasteiger partial charge in [-0.15, -0.1) is 0 Å². The van der Waals surface area contributed by atoms with Crippen LogP contribution in [0.5, 0.6) is 0 Å². The molecule has 0 unspecified atom stereocenters. The van der Waals surface area contributed by atoms with E-state index in [1.54, 1.807) is 4.68 Å². The molecule has 1 N–H and O–H groups in total. The third-order valence-corrected chi connectivity index (χ3v) is 4.72. The van der Waals surface area contributed by atoms with Gasteiger partial charge in [0, 0.05) is 38.0 Å². The lowest BCUT2D eigenvalue weighted by Gasteiger charge is -2.23. The Labute approximate surface area is 143 Å². The molecule has 0 spiro atoms. The number of likely N-dealkylation sites (tertiary alicyclic amines) is 1. The monoisotopic (exact) mass is 329 g/mol. The number of nitrogens with zero attached hydrogens (tertiary/aromatic N) is 4. The summed E-state index contributed by atoms with van der Waals surface area (Å²) in [6, 6.07) is 2.15. The van der Waals surface area contributed by atoms with Crippen LogP contribution in [0, 0.1) is 6.92 Å². The van der Waals surface area contributed by atoms with E-state index in [0.717, 1.165) is 48.3 Å². The van der Waals surface area contributed by atoms with Gasteiger partial charge in [-0.1, -0.05) is 12.8 Å². The molecule has 130 valence electrons. The number of hydrogen-bond donors (Lipinski definition) is 1. The lowest BCUT2D eigenvalue weighted by atomic mass is 10.2. The lowest BCUT2D eigenvalue weighted by Crippen LogP contribution is -2.35. The topological polar surface area (TPSA) is 63.1 Å². The first-order valence-electron chi connectivity index (χ1n) is 8.88. The van der Waals surface area contributed by atoms with E-state index in [9.17, 15) is 4.79 Å². The highest BCUT2D eigenvalue weighted by atomic mass is 16.2. The number of aryl methyl sites for hydroxylation is 2. The first-order chi connectivity index (χ1) is 11.5. The minimum absolute atomic E-state index is 0.0805. The van der Waals surface area contributed by atoms with Crippen molar-refractivity contribution in [2.24, 2.45) is 7.05 Å². The predicted octanol–water partition coefficient (Wildman–Crippen LogP) is 2.87. The number of pyridine rings is 1. The normalized spacial score (nSPS) is 16.9. The molecule has 1 fully saturated rings. The van der Waals surface area contributed by atoms with E-state index >= 15 is 0 Å². The number of amides is 1. The van der Waals surface area contributed by atoms with Gasteiger partial charge in [0.25, 0.3) is 0 Å². The van der Waals surface area contributed by atoms with Crippen LogP contribution in [0.4, 0.5) is 5.69 Å². The zero-order valence-electron chi connectivity index (χ0n) is 14.9. The van der Waals surface area contributed by atoms with Crippen LogP contribution < -0.4 is 5.32 Å². The van der Waals surface area contributed by atoms with E-state index in [0.29, 0.717) is 6.42 Å². The van der Waals surface area contributed by atoms with Gasteiger partial charge in [-0.05, 0) is 32.8 Å². The number of nitrogens with one attached hydrogen (secondary N) is 1. The first-order valence-corrected chi connectivity index (χ1v) is 8.88. The fourth-order valence-electron chi connectivity index (χ4n) is 3.43. The van der Waals surface area contributed by atoms with Crippen LogP contribution in [0.1, 0.15) is 44.7 Å². The van der Waals surface area contributed by atoms with Crippen molar-refractivity contribution in [1.82, 2.24) is 19.7 Å². The summed E-state index contributed by atoms with van der Waals surface area (Å²) in [5.74, 6) is 0.253. The van der Waals surface area contributed by atoms with Crippen molar-refractivity contribution >= 4 is 22.6 Å². The Morgan fingerprint density at radius 1 is 1.29 bits per heavy atom. The highest BCUT2D eigenvalue weighted by molar-refractivity contribution is 5.82. The van der Waals surface area contributed by atoms with E-state index in [4.69, 9.17) is 0 Å². The third-order valence-electron chi connectivity index (χ3n) is 4.72. The molecule has 1 saturated heterocycles. The number of carbonyl (C=O) groups excluding carboxylic acids is 1. The number of fused-ring (bicyclic) bond motifs is 1. The fraction of sp³-hybridized carbons (Fsp3) is 0.611. The predicted molar refractivity (Wildman–Crippen MR) is 96.0 cm³/mol. The van der Waals surface area contributed by atoms with Crippen molar-refractivity contribution in [1.29, 1.82) is 0 Å². The van der Waals surface area contributed by atoms with Crippen LogP contribution in [0.15, 0.2) is 12.3 Å². The summed E-state index contributed by atoms with van der Waals surface area (Å²) in [5.41, 5.74) is 2.79. The quantitative estimate of drug-likeness (QED) is 0.937. The van der Waals surface area contributed by atoms with Crippen molar-refractivity contribution in [2.75, 3.05) is 18.4 Å². The Hall–Kier alpha value is -2.11. The Balaban J connectivity index is 1.62. The maximum Gasteiger partial charge on any atom is 0.224 e. The zero-order valence-corrected chi connectivity index (χ0v) is 14.9. The second kappa shape index (κ2) is 7.20. The van der Waals surface area contributed by atoms with Gasteiger partial charge in [0.05, 0.1) is 17.6 Å². The molecular weight excluding hydrogens is 302 g/mol. The second-order valence-electron chi connectivity index (χ2n) is 6.85. The van der Waals surface area contributed by atoms with E-state index in [2.05, 4.69) is 28.4 Å². The summed E-state index contributed by atoms with van der Waals surface area (Å²) in [7, 11) is 1.90. The Morgan fingerprint density at radius 2 is 2.00 bits per heavy atom. The minimum Gasteiger partial charge on any atom is -0.381 e. The zero-order chi connectivity index (χ0) is 17.1.